The van der Waals surface area contributed by atoms with Crippen LogP contribution in [0, 0.1) is 11.3 Å². The summed E-state index contributed by atoms with van der Waals surface area (Å²) in [6.07, 6.45) is 0.286. The van der Waals surface area contributed by atoms with Crippen molar-refractivity contribution in [1.82, 2.24) is 4.57 Å². The van der Waals surface area contributed by atoms with Crippen molar-refractivity contribution in [1.29, 1.82) is 5.26 Å². The highest BCUT2D eigenvalue weighted by Gasteiger charge is 2.14. The molecule has 0 aliphatic carbocycles. The number of fused-ring (bicyclic) bond motifs is 1. The Balaban J connectivity index is 1.54. The lowest BCUT2D eigenvalue weighted by Gasteiger charge is -2.07. The van der Waals surface area contributed by atoms with E-state index in [0.717, 1.165) is 10.1 Å². The van der Waals surface area contributed by atoms with Crippen LogP contribution < -0.4 is 11.1 Å². The number of rotatable bonds is 6. The maximum absolute atomic E-state index is 11.9. The predicted octanol–water partition coefficient (Wildman–Crippen LogP) is 1.84. The lowest BCUT2D eigenvalue weighted by molar-refractivity contribution is -0.147. The summed E-state index contributed by atoms with van der Waals surface area (Å²) in [4.78, 5) is 35.6. The molecule has 27 heavy (non-hydrogen) atoms. The summed E-state index contributed by atoms with van der Waals surface area (Å²) < 4.78 is 11.1. The van der Waals surface area contributed by atoms with Crippen molar-refractivity contribution in [2.24, 2.45) is 0 Å². The number of oxazole rings is 1. The van der Waals surface area contributed by atoms with Crippen LogP contribution in [0.2, 0.25) is 0 Å². The normalized spacial score (nSPS) is 10.3. The highest BCUT2D eigenvalue weighted by atomic mass is 16.5. The number of benzene rings is 2. The number of esters is 1. The first-order chi connectivity index (χ1) is 13.1. The van der Waals surface area contributed by atoms with E-state index in [1.165, 1.54) is 0 Å². The fourth-order valence-electron chi connectivity index (χ4n) is 2.48. The third-order valence-electron chi connectivity index (χ3n) is 3.75. The molecule has 0 saturated carbocycles. The molecule has 2 aromatic carbocycles. The first-order valence-electron chi connectivity index (χ1n) is 8.06. The summed E-state index contributed by atoms with van der Waals surface area (Å²) in [5.74, 6) is -1.92. The van der Waals surface area contributed by atoms with E-state index in [2.05, 4.69) is 5.32 Å². The minimum absolute atomic E-state index is 0.286. The molecule has 0 radical (unpaired) electrons. The van der Waals surface area contributed by atoms with Gasteiger partial charge in [-0.3, -0.25) is 14.2 Å². The SMILES string of the molecule is N#CCc1ccc(NC(=O)COC(=O)Cn2c(=O)oc3ccccc32)cc1. The Kier molecular flexibility index (Phi) is 5.33. The molecule has 1 N–H and O–H groups in total. The van der Waals surface area contributed by atoms with Gasteiger partial charge in [0, 0.05) is 5.69 Å². The zero-order valence-electron chi connectivity index (χ0n) is 14.2. The molecule has 8 nitrogen and oxygen atoms in total. The van der Waals surface area contributed by atoms with Crippen molar-refractivity contribution in [3.05, 3.63) is 64.6 Å². The van der Waals surface area contributed by atoms with Crippen LogP contribution in [0.5, 0.6) is 0 Å². The summed E-state index contributed by atoms with van der Waals surface area (Å²) in [5, 5.41) is 11.2. The Bertz CT molecular complexity index is 1070. The molecule has 0 bridgehead atoms. The zero-order valence-corrected chi connectivity index (χ0v) is 14.2. The van der Waals surface area contributed by atoms with E-state index >= 15 is 0 Å². The fraction of sp³-hybridized carbons (Fsp3) is 0.158. The molecule has 1 aromatic heterocycles. The van der Waals surface area contributed by atoms with Crippen LogP contribution in [0.15, 0.2) is 57.7 Å². The molecule has 0 fully saturated rings. The number of nitrogens with zero attached hydrogens (tertiary/aromatic N) is 2. The van der Waals surface area contributed by atoms with Crippen LogP contribution in [0.25, 0.3) is 11.1 Å². The number of ether oxygens (including phenoxy) is 1. The molecule has 0 atom stereocenters. The highest BCUT2D eigenvalue weighted by molar-refractivity contribution is 5.92. The Labute approximate surface area is 153 Å². The predicted molar refractivity (Wildman–Crippen MR) is 95.8 cm³/mol. The van der Waals surface area contributed by atoms with Crippen LogP contribution >= 0.6 is 0 Å². The van der Waals surface area contributed by atoms with Crippen molar-refractivity contribution >= 4 is 28.7 Å². The summed E-state index contributed by atoms with van der Waals surface area (Å²) in [7, 11) is 0. The van der Waals surface area contributed by atoms with E-state index in [0.29, 0.717) is 16.8 Å². The van der Waals surface area contributed by atoms with Gasteiger partial charge in [-0.05, 0) is 29.8 Å². The minimum Gasteiger partial charge on any atom is -0.454 e. The van der Waals surface area contributed by atoms with E-state index in [1.807, 2.05) is 6.07 Å². The van der Waals surface area contributed by atoms with Crippen molar-refractivity contribution in [2.75, 3.05) is 11.9 Å². The standard InChI is InChI=1S/C19H15N3O5/c20-10-9-13-5-7-14(8-6-13)21-17(23)12-26-18(24)11-22-15-3-1-2-4-16(15)27-19(22)25/h1-8H,9,11-12H2,(H,21,23). The fourth-order valence-corrected chi connectivity index (χ4v) is 2.48. The molecule has 0 aliphatic rings. The Morgan fingerprint density at radius 2 is 1.89 bits per heavy atom. The van der Waals surface area contributed by atoms with Crippen LogP contribution in [0.4, 0.5) is 5.69 Å². The highest BCUT2D eigenvalue weighted by Crippen LogP contribution is 2.12. The van der Waals surface area contributed by atoms with E-state index in [9.17, 15) is 14.4 Å². The first kappa shape index (κ1) is 17.9. The van der Waals surface area contributed by atoms with Gasteiger partial charge in [0.15, 0.2) is 12.2 Å². The summed E-state index contributed by atoms with van der Waals surface area (Å²) >= 11 is 0. The summed E-state index contributed by atoms with van der Waals surface area (Å²) in [6.45, 7) is -0.838. The lowest BCUT2D eigenvalue weighted by Crippen LogP contribution is -2.25. The number of carbonyl (C=O) groups is 2. The topological polar surface area (TPSA) is 114 Å². The minimum atomic E-state index is -0.733. The molecule has 136 valence electrons. The van der Waals surface area contributed by atoms with Gasteiger partial charge < -0.3 is 14.5 Å². The van der Waals surface area contributed by atoms with Crippen LogP contribution in [-0.2, 0) is 27.3 Å². The number of anilines is 1. The van der Waals surface area contributed by atoms with Gasteiger partial charge in [-0.2, -0.15) is 5.26 Å². The Morgan fingerprint density at radius 1 is 1.15 bits per heavy atom. The van der Waals surface area contributed by atoms with Crippen molar-refractivity contribution in [3.63, 3.8) is 0 Å². The lowest BCUT2D eigenvalue weighted by atomic mass is 10.1. The zero-order chi connectivity index (χ0) is 19.2. The first-order valence-corrected chi connectivity index (χ1v) is 8.06. The number of hydrogen-bond acceptors (Lipinski definition) is 6. The van der Waals surface area contributed by atoms with E-state index in [-0.39, 0.29) is 13.0 Å². The van der Waals surface area contributed by atoms with E-state index in [1.54, 1.807) is 48.5 Å². The number of amides is 1. The van der Waals surface area contributed by atoms with Gasteiger partial charge in [-0.25, -0.2) is 4.79 Å². The molecule has 8 heteroatoms. The molecule has 1 amide bonds. The molecular formula is C19H15N3O5. The van der Waals surface area contributed by atoms with Gasteiger partial charge >= 0.3 is 11.7 Å². The monoisotopic (exact) mass is 365 g/mol. The number of nitriles is 1. The molecule has 0 unspecified atom stereocenters. The Hall–Kier alpha value is -3.86. The maximum atomic E-state index is 11.9. The average molecular weight is 365 g/mol. The maximum Gasteiger partial charge on any atom is 0.420 e. The second kappa shape index (κ2) is 8.01. The summed E-state index contributed by atoms with van der Waals surface area (Å²) in [5.41, 5.74) is 2.20. The molecule has 1 heterocycles. The van der Waals surface area contributed by atoms with Gasteiger partial charge in [0.1, 0.15) is 6.54 Å². The number of hydrogen-bond donors (Lipinski definition) is 1. The largest absolute Gasteiger partial charge is 0.454 e. The third kappa shape index (κ3) is 4.41. The second-order valence-corrected chi connectivity index (χ2v) is 5.66. The van der Waals surface area contributed by atoms with Gasteiger partial charge in [0.2, 0.25) is 0 Å². The van der Waals surface area contributed by atoms with Gasteiger partial charge in [0.05, 0.1) is 18.0 Å². The van der Waals surface area contributed by atoms with Crippen molar-refractivity contribution < 1.29 is 18.7 Å². The van der Waals surface area contributed by atoms with Gasteiger partial charge in [-0.1, -0.05) is 24.3 Å². The summed E-state index contributed by atoms with van der Waals surface area (Å²) in [6, 6.07) is 15.5. The number of carbonyl (C=O) groups excluding carboxylic acids is 2. The molecule has 0 aliphatic heterocycles. The van der Waals surface area contributed by atoms with Crippen LogP contribution in [-0.4, -0.2) is 23.1 Å². The smallest absolute Gasteiger partial charge is 0.420 e. The molecule has 3 aromatic rings. The second-order valence-electron chi connectivity index (χ2n) is 5.66. The molecule has 0 saturated heterocycles. The number of para-hydroxylation sites is 2. The molecular weight excluding hydrogens is 350 g/mol. The van der Waals surface area contributed by atoms with Crippen molar-refractivity contribution in [2.45, 2.75) is 13.0 Å². The molecule has 0 spiro atoms. The third-order valence-corrected chi connectivity index (χ3v) is 3.75. The Morgan fingerprint density at radius 3 is 2.63 bits per heavy atom. The average Bonchev–Trinajstić information content (AvgIpc) is 2.97. The van der Waals surface area contributed by atoms with Gasteiger partial charge in [0.25, 0.3) is 5.91 Å². The number of nitrogens with one attached hydrogen (secondary N) is 1. The molecule has 3 rings (SSSR count). The van der Waals surface area contributed by atoms with E-state index < -0.39 is 24.2 Å². The van der Waals surface area contributed by atoms with Gasteiger partial charge in [-0.15, -0.1) is 0 Å². The van der Waals surface area contributed by atoms with E-state index in [4.69, 9.17) is 14.4 Å². The quantitative estimate of drug-likeness (QED) is 0.667. The van der Waals surface area contributed by atoms with Crippen molar-refractivity contribution in [3.8, 4) is 6.07 Å². The van der Waals surface area contributed by atoms with Crippen LogP contribution in [0.1, 0.15) is 5.56 Å². The number of aromatic nitrogens is 1. The van der Waals surface area contributed by atoms with Crippen LogP contribution in [0.3, 0.4) is 0 Å².